The van der Waals surface area contributed by atoms with E-state index in [1.165, 1.54) is 19.3 Å². The van der Waals surface area contributed by atoms with Crippen LogP contribution in [0.4, 0.5) is 0 Å². The molecule has 5 aliphatic rings. The van der Waals surface area contributed by atoms with Crippen molar-refractivity contribution in [2.75, 3.05) is 6.79 Å². The number of carbonyl (C=O) groups excluding carboxylic acids is 1. The Bertz CT molecular complexity index is 657. The van der Waals surface area contributed by atoms with Crippen molar-refractivity contribution in [3.05, 3.63) is 0 Å². The molecule has 3 heterocycles. The molecule has 3 saturated heterocycles. The minimum atomic E-state index is -0.165. The monoisotopic (exact) mass is 406 g/mol. The lowest BCUT2D eigenvalue weighted by molar-refractivity contribution is -0.184. The average molecular weight is 407 g/mol. The molecule has 0 N–H and O–H groups in total. The SMILES string of the molecule is CCC1OC(CC)C2C3OC(CC3C(=O)OCOC3C4(C)CCC(C4)C3(C)C)C12. The molecule has 29 heavy (non-hydrogen) atoms. The zero-order valence-corrected chi connectivity index (χ0v) is 18.7. The van der Waals surface area contributed by atoms with E-state index in [0.717, 1.165) is 25.2 Å². The van der Waals surface area contributed by atoms with E-state index < -0.39 is 0 Å². The normalized spacial score (nSPS) is 51.6. The van der Waals surface area contributed by atoms with E-state index in [1.54, 1.807) is 0 Å². The van der Waals surface area contributed by atoms with Gasteiger partial charge in [0.25, 0.3) is 0 Å². The number of rotatable bonds is 6. The molecule has 0 spiro atoms. The third-order valence-electron chi connectivity index (χ3n) is 9.36. The lowest BCUT2D eigenvalue weighted by Gasteiger charge is -2.42. The van der Waals surface area contributed by atoms with Gasteiger partial charge in [-0.2, -0.15) is 0 Å². The van der Waals surface area contributed by atoms with Crippen LogP contribution >= 0.6 is 0 Å². The van der Waals surface area contributed by atoms with Gasteiger partial charge in [0, 0.05) is 11.8 Å². The Hall–Kier alpha value is -0.650. The van der Waals surface area contributed by atoms with Crippen LogP contribution in [-0.2, 0) is 23.7 Å². The molecule has 0 aromatic carbocycles. The number of ether oxygens (including phenoxy) is 4. The van der Waals surface area contributed by atoms with Gasteiger partial charge in [0.05, 0.1) is 36.4 Å². The molecular formula is C24H38O5. The van der Waals surface area contributed by atoms with Crippen LogP contribution in [-0.4, -0.2) is 43.3 Å². The second-order valence-corrected chi connectivity index (χ2v) is 11.2. The van der Waals surface area contributed by atoms with Crippen LogP contribution in [0.3, 0.4) is 0 Å². The molecule has 5 heteroatoms. The van der Waals surface area contributed by atoms with Gasteiger partial charge in [-0.15, -0.1) is 0 Å². The van der Waals surface area contributed by atoms with Gasteiger partial charge in [-0.1, -0.05) is 34.6 Å². The molecule has 5 rings (SSSR count). The number of carbonyl (C=O) groups is 1. The van der Waals surface area contributed by atoms with E-state index in [4.69, 9.17) is 18.9 Å². The van der Waals surface area contributed by atoms with Crippen molar-refractivity contribution in [2.45, 2.75) is 104 Å². The first-order valence-corrected chi connectivity index (χ1v) is 11.9. The van der Waals surface area contributed by atoms with Crippen molar-refractivity contribution in [3.8, 4) is 0 Å². The van der Waals surface area contributed by atoms with E-state index in [1.807, 2.05) is 0 Å². The molecule has 4 bridgehead atoms. The quantitative estimate of drug-likeness (QED) is 0.486. The van der Waals surface area contributed by atoms with Crippen molar-refractivity contribution in [2.24, 2.45) is 34.5 Å². The Morgan fingerprint density at radius 1 is 1.07 bits per heavy atom. The predicted octanol–water partition coefficient (Wildman–Crippen LogP) is 4.33. The lowest BCUT2D eigenvalue weighted by atomic mass is 9.70. The van der Waals surface area contributed by atoms with Crippen LogP contribution in [0.1, 0.15) is 73.1 Å². The summed E-state index contributed by atoms with van der Waals surface area (Å²) in [5, 5.41) is 0. The average Bonchev–Trinajstić information content (AvgIpc) is 3.45. The second-order valence-electron chi connectivity index (χ2n) is 11.2. The van der Waals surface area contributed by atoms with E-state index in [-0.39, 0.29) is 60.0 Å². The van der Waals surface area contributed by atoms with E-state index in [0.29, 0.717) is 11.8 Å². The summed E-state index contributed by atoms with van der Waals surface area (Å²) in [5.41, 5.74) is 0.390. The Kier molecular flexibility index (Phi) is 4.84. The third kappa shape index (κ3) is 2.86. The Morgan fingerprint density at radius 2 is 1.79 bits per heavy atom. The van der Waals surface area contributed by atoms with Crippen LogP contribution in [0.2, 0.25) is 0 Å². The van der Waals surface area contributed by atoms with Crippen molar-refractivity contribution < 1.29 is 23.7 Å². The van der Waals surface area contributed by atoms with Crippen molar-refractivity contribution in [3.63, 3.8) is 0 Å². The van der Waals surface area contributed by atoms with E-state index in [9.17, 15) is 4.79 Å². The molecule has 164 valence electrons. The summed E-state index contributed by atoms with van der Waals surface area (Å²) < 4.78 is 24.5. The van der Waals surface area contributed by atoms with Gasteiger partial charge < -0.3 is 18.9 Å². The summed E-state index contributed by atoms with van der Waals surface area (Å²) in [6.07, 6.45) is 7.28. The van der Waals surface area contributed by atoms with Crippen LogP contribution in [0.25, 0.3) is 0 Å². The number of esters is 1. The Balaban J connectivity index is 1.19. The van der Waals surface area contributed by atoms with Gasteiger partial charge in [-0.05, 0) is 55.3 Å². The van der Waals surface area contributed by atoms with Crippen LogP contribution in [0.5, 0.6) is 0 Å². The molecule has 5 nitrogen and oxygen atoms in total. The molecule has 0 amide bonds. The summed E-state index contributed by atoms with van der Waals surface area (Å²) in [4.78, 5) is 12.9. The second kappa shape index (κ2) is 6.93. The summed E-state index contributed by atoms with van der Waals surface area (Å²) in [6.45, 7) is 11.4. The lowest BCUT2D eigenvalue weighted by Crippen LogP contribution is -2.44. The minimum Gasteiger partial charge on any atom is -0.438 e. The zero-order valence-electron chi connectivity index (χ0n) is 18.7. The number of fused-ring (bicyclic) bond motifs is 7. The smallest absolute Gasteiger partial charge is 0.313 e. The molecular weight excluding hydrogens is 368 g/mol. The third-order valence-corrected chi connectivity index (χ3v) is 9.36. The van der Waals surface area contributed by atoms with Gasteiger partial charge in [-0.25, -0.2) is 0 Å². The fourth-order valence-corrected chi connectivity index (χ4v) is 8.07. The molecule has 2 saturated carbocycles. The van der Waals surface area contributed by atoms with Gasteiger partial charge in [0.2, 0.25) is 0 Å². The van der Waals surface area contributed by atoms with Crippen LogP contribution < -0.4 is 0 Å². The minimum absolute atomic E-state index is 0.0459. The zero-order chi connectivity index (χ0) is 20.6. The topological polar surface area (TPSA) is 54.0 Å². The first-order valence-electron chi connectivity index (χ1n) is 11.9. The maximum absolute atomic E-state index is 12.9. The fourth-order valence-electron chi connectivity index (χ4n) is 8.07. The Labute approximate surface area is 175 Å². The maximum atomic E-state index is 12.9. The molecule has 5 fully saturated rings. The first-order chi connectivity index (χ1) is 13.8. The van der Waals surface area contributed by atoms with Gasteiger partial charge in [0.15, 0.2) is 6.79 Å². The molecule has 0 aromatic rings. The van der Waals surface area contributed by atoms with E-state index in [2.05, 4.69) is 34.6 Å². The standard InChI is InChI=1S/C24H38O5/c1-6-15-18-17-10-14(20(29-17)19(18)16(7-2)28-15)21(25)26-12-27-22-23(3,4)13-8-9-24(22,5)11-13/h13-20,22H,6-12H2,1-5H3. The predicted molar refractivity (Wildman–Crippen MR) is 108 cm³/mol. The highest BCUT2D eigenvalue weighted by atomic mass is 16.7. The van der Waals surface area contributed by atoms with Gasteiger partial charge in [-0.3, -0.25) is 4.79 Å². The van der Waals surface area contributed by atoms with Gasteiger partial charge >= 0.3 is 5.97 Å². The highest BCUT2D eigenvalue weighted by Crippen LogP contribution is 2.63. The van der Waals surface area contributed by atoms with Crippen molar-refractivity contribution in [1.82, 2.24) is 0 Å². The van der Waals surface area contributed by atoms with Crippen molar-refractivity contribution in [1.29, 1.82) is 0 Å². The molecule has 3 aliphatic heterocycles. The van der Waals surface area contributed by atoms with Crippen LogP contribution in [0, 0.1) is 34.5 Å². The largest absolute Gasteiger partial charge is 0.438 e. The van der Waals surface area contributed by atoms with E-state index >= 15 is 0 Å². The summed E-state index contributed by atoms with van der Waals surface area (Å²) in [6, 6.07) is 0. The summed E-state index contributed by atoms with van der Waals surface area (Å²) in [7, 11) is 0. The highest BCUT2D eigenvalue weighted by Gasteiger charge is 2.64. The summed E-state index contributed by atoms with van der Waals surface area (Å²) >= 11 is 0. The summed E-state index contributed by atoms with van der Waals surface area (Å²) in [5.74, 6) is 1.21. The number of hydrogen-bond acceptors (Lipinski definition) is 5. The fraction of sp³-hybridized carbons (Fsp3) is 0.958. The molecule has 0 aromatic heterocycles. The molecule has 2 aliphatic carbocycles. The first kappa shape index (κ1) is 20.3. The van der Waals surface area contributed by atoms with Crippen LogP contribution in [0.15, 0.2) is 0 Å². The number of hydrogen-bond donors (Lipinski definition) is 0. The van der Waals surface area contributed by atoms with Crippen molar-refractivity contribution >= 4 is 5.97 Å². The molecule has 10 atom stereocenters. The van der Waals surface area contributed by atoms with Gasteiger partial charge in [0.1, 0.15) is 0 Å². The molecule has 10 unspecified atom stereocenters. The Morgan fingerprint density at radius 3 is 2.45 bits per heavy atom. The highest BCUT2D eigenvalue weighted by molar-refractivity contribution is 5.74. The maximum Gasteiger partial charge on any atom is 0.313 e. The molecule has 0 radical (unpaired) electrons.